The van der Waals surface area contributed by atoms with E-state index in [9.17, 15) is 24.3 Å². The Morgan fingerprint density at radius 1 is 0.872 bits per heavy atom. The zero-order chi connectivity index (χ0) is 29.6. The molecule has 0 aliphatic rings. The van der Waals surface area contributed by atoms with E-state index in [0.29, 0.717) is 64.6 Å². The topological polar surface area (TPSA) is 302 Å². The summed E-state index contributed by atoms with van der Waals surface area (Å²) in [6.45, 7) is 2.62. The smallest absolute Gasteiger partial charge is 0.326 e. The van der Waals surface area contributed by atoms with Crippen molar-refractivity contribution in [2.24, 2.45) is 33.2 Å². The van der Waals surface area contributed by atoms with Gasteiger partial charge in [-0.2, -0.15) is 4.91 Å². The molecule has 0 rings (SSSR count). The molecule has 17 nitrogen and oxygen atoms in total. The average molecular weight is 557 g/mol. The Balaban J connectivity index is 4.95. The molecule has 0 saturated heterocycles. The number of carboxylic acids is 1. The second-order valence-electron chi connectivity index (χ2n) is 8.98. The second-order valence-corrected chi connectivity index (χ2v) is 8.98. The first-order chi connectivity index (χ1) is 18.5. The van der Waals surface area contributed by atoms with Gasteiger partial charge in [-0.1, -0.05) is 0 Å². The van der Waals surface area contributed by atoms with Crippen LogP contribution in [0.3, 0.4) is 0 Å². The van der Waals surface area contributed by atoms with Gasteiger partial charge < -0.3 is 44.0 Å². The van der Waals surface area contributed by atoms with Crippen molar-refractivity contribution >= 4 is 29.7 Å². The van der Waals surface area contributed by atoms with Gasteiger partial charge in [0.1, 0.15) is 18.1 Å². The lowest BCUT2D eigenvalue weighted by atomic mass is 10.1. The number of carboxylic acid groups (broad SMARTS) is 1. The molecule has 0 bridgehead atoms. The lowest BCUT2D eigenvalue weighted by molar-refractivity contribution is -0.142. The lowest BCUT2D eigenvalue weighted by Crippen LogP contribution is -2.56. The first-order valence-corrected chi connectivity index (χ1v) is 12.9. The number of guanidine groups is 1. The summed E-state index contributed by atoms with van der Waals surface area (Å²) in [5.41, 5.74) is 32.7. The maximum Gasteiger partial charge on any atom is 0.326 e. The number of rotatable bonds is 22. The van der Waals surface area contributed by atoms with Crippen molar-refractivity contribution in [2.45, 2.75) is 88.9 Å². The van der Waals surface area contributed by atoms with Gasteiger partial charge in [-0.05, 0) is 76.5 Å². The fourth-order valence-corrected chi connectivity index (χ4v) is 3.42. The number of nitrogens with two attached hydrogens (primary N) is 4. The van der Waals surface area contributed by atoms with Crippen LogP contribution in [0.2, 0.25) is 0 Å². The molecule has 39 heavy (non-hydrogen) atoms. The molecule has 0 unspecified atom stereocenters. The summed E-state index contributed by atoms with van der Waals surface area (Å²) in [6.07, 6.45) is 4.04. The third-order valence-electron chi connectivity index (χ3n) is 5.65. The fraction of sp³-hybridized carbons (Fsp3) is 0.773. The first-order valence-electron chi connectivity index (χ1n) is 12.9. The predicted octanol–water partition coefficient (Wildman–Crippen LogP) is -1.57. The van der Waals surface area contributed by atoms with Crippen LogP contribution in [0.5, 0.6) is 0 Å². The molecule has 0 aromatic heterocycles. The van der Waals surface area contributed by atoms with E-state index < -0.39 is 47.9 Å². The van der Waals surface area contributed by atoms with Crippen molar-refractivity contribution in [1.82, 2.24) is 21.4 Å². The average Bonchev–Trinajstić information content (AvgIpc) is 2.88. The Hall–Kier alpha value is -3.82. The normalized spacial score (nSPS) is 13.5. The maximum atomic E-state index is 12.9. The summed E-state index contributed by atoms with van der Waals surface area (Å²) < 4.78 is 0. The van der Waals surface area contributed by atoms with Crippen molar-refractivity contribution in [3.05, 3.63) is 10.4 Å². The van der Waals surface area contributed by atoms with Crippen LogP contribution in [0, 0.1) is 0 Å². The van der Waals surface area contributed by atoms with Gasteiger partial charge >= 0.3 is 5.97 Å². The van der Waals surface area contributed by atoms with Gasteiger partial charge in [-0.15, -0.1) is 5.53 Å². The monoisotopic (exact) mass is 556 g/mol. The Kier molecular flexibility index (Phi) is 19.1. The Labute approximate surface area is 227 Å². The fourth-order valence-electron chi connectivity index (χ4n) is 3.42. The third-order valence-corrected chi connectivity index (χ3v) is 5.65. The van der Waals surface area contributed by atoms with E-state index in [4.69, 9.17) is 28.5 Å². The standard InChI is InChI=1S/C22H44N12O5/c1-14(30-19(36)15(24)8-3-6-12-28-22(25)26)18(35)31-16(9-2-5-11-23)20(37)32-17(21(38)39)10-4-7-13-29-34-33-27/h14-17,29H,2-13,23-24H2,1H3,(H,30,36)(H,31,35)(H,32,37)(H,38,39)(H4,25,26,28)/t14-,15-,16-,17-/m0/s1. The number of amides is 3. The molecule has 0 aliphatic heterocycles. The zero-order valence-corrected chi connectivity index (χ0v) is 22.5. The van der Waals surface area contributed by atoms with Gasteiger partial charge in [-0.25, -0.2) is 4.79 Å². The molecule has 0 aromatic carbocycles. The van der Waals surface area contributed by atoms with Crippen molar-refractivity contribution in [3.8, 4) is 0 Å². The van der Waals surface area contributed by atoms with Crippen LogP contribution >= 0.6 is 0 Å². The van der Waals surface area contributed by atoms with E-state index in [-0.39, 0.29) is 18.8 Å². The highest BCUT2D eigenvalue weighted by Gasteiger charge is 2.28. The van der Waals surface area contributed by atoms with Crippen LogP contribution in [0.15, 0.2) is 10.2 Å². The Morgan fingerprint density at radius 3 is 2.10 bits per heavy atom. The highest BCUT2D eigenvalue weighted by atomic mass is 16.4. The highest BCUT2D eigenvalue weighted by molar-refractivity contribution is 5.93. The minimum absolute atomic E-state index is 0.0122. The molecule has 0 saturated carbocycles. The summed E-state index contributed by atoms with van der Waals surface area (Å²) in [6, 6.07) is -4.04. The number of nitrogens with one attached hydrogen (secondary N) is 4. The number of hydrogen-bond acceptors (Lipinski definition) is 8. The molecule has 0 spiro atoms. The minimum Gasteiger partial charge on any atom is -0.480 e. The van der Waals surface area contributed by atoms with Gasteiger partial charge in [0, 0.05) is 6.54 Å². The van der Waals surface area contributed by atoms with Gasteiger partial charge in [0.2, 0.25) is 17.7 Å². The number of carbonyl (C=O) groups is 4. The zero-order valence-electron chi connectivity index (χ0n) is 22.5. The van der Waals surface area contributed by atoms with Gasteiger partial charge in [0.25, 0.3) is 0 Å². The molecule has 0 radical (unpaired) electrons. The maximum absolute atomic E-state index is 12.9. The third kappa shape index (κ3) is 17.3. The summed E-state index contributed by atoms with van der Waals surface area (Å²) in [5, 5.41) is 20.3. The van der Waals surface area contributed by atoms with E-state index in [1.807, 2.05) is 0 Å². The highest BCUT2D eigenvalue weighted by Crippen LogP contribution is 2.06. The molecule has 0 aromatic rings. The second kappa shape index (κ2) is 21.2. The summed E-state index contributed by atoms with van der Waals surface area (Å²) in [7, 11) is 0. The van der Waals surface area contributed by atoms with E-state index >= 15 is 0 Å². The molecular weight excluding hydrogens is 512 g/mol. The molecule has 13 N–H and O–H groups in total. The van der Waals surface area contributed by atoms with Gasteiger partial charge in [-0.3, -0.25) is 24.8 Å². The number of unbranched alkanes of at least 4 members (excludes halogenated alkanes) is 3. The van der Waals surface area contributed by atoms with Crippen LogP contribution in [0.1, 0.15) is 64.7 Å². The van der Waals surface area contributed by atoms with Crippen LogP contribution in [-0.4, -0.2) is 78.6 Å². The number of aliphatic carboxylic acids is 1. The summed E-state index contributed by atoms with van der Waals surface area (Å²) >= 11 is 0. The Morgan fingerprint density at radius 2 is 1.49 bits per heavy atom. The van der Waals surface area contributed by atoms with Crippen LogP contribution in [0.25, 0.3) is 10.4 Å². The van der Waals surface area contributed by atoms with Crippen LogP contribution in [-0.2, 0) is 19.2 Å². The molecule has 3 amide bonds. The number of azide groups is 1. The molecule has 4 atom stereocenters. The largest absolute Gasteiger partial charge is 0.480 e. The van der Waals surface area contributed by atoms with Gasteiger partial charge in [0.15, 0.2) is 5.96 Å². The molecule has 0 aliphatic carbocycles. The number of hydrogen-bond donors (Lipinski definition) is 9. The predicted molar refractivity (Wildman–Crippen MR) is 146 cm³/mol. The van der Waals surface area contributed by atoms with Crippen LogP contribution < -0.4 is 44.3 Å². The molecule has 0 fully saturated rings. The number of aliphatic imine (C=N–C) groups is 1. The van der Waals surface area contributed by atoms with E-state index in [0.717, 1.165) is 0 Å². The first kappa shape index (κ1) is 35.2. The SMILES string of the molecule is C[C@H](NC(=O)[C@@H](N)CCCCN=C(N)N)C(=O)N[C@@H](CCCCN)C(=O)N[C@@H](CCCCNN=[N+]=[N-])C(=O)O. The summed E-state index contributed by atoms with van der Waals surface area (Å²) in [4.78, 5) is 56.1. The minimum atomic E-state index is -1.22. The van der Waals surface area contributed by atoms with Crippen LogP contribution in [0.4, 0.5) is 0 Å². The van der Waals surface area contributed by atoms with Crippen molar-refractivity contribution < 1.29 is 24.3 Å². The number of nitrogens with zero attached hydrogens (tertiary/aromatic N) is 4. The van der Waals surface area contributed by atoms with Gasteiger partial charge in [0.05, 0.1) is 12.6 Å². The quantitative estimate of drug-likeness (QED) is 0.0140. The summed E-state index contributed by atoms with van der Waals surface area (Å²) in [5.74, 6) is -3.03. The number of carbonyl (C=O) groups excluding carboxylic acids is 3. The van der Waals surface area contributed by atoms with E-state index in [1.165, 1.54) is 6.92 Å². The van der Waals surface area contributed by atoms with Crippen molar-refractivity contribution in [2.75, 3.05) is 19.6 Å². The van der Waals surface area contributed by atoms with Crippen molar-refractivity contribution in [3.63, 3.8) is 0 Å². The Bertz CT molecular complexity index is 845. The molecule has 17 heteroatoms. The lowest BCUT2D eigenvalue weighted by Gasteiger charge is -2.24. The van der Waals surface area contributed by atoms with Crippen molar-refractivity contribution in [1.29, 1.82) is 0 Å². The molecular formula is C22H44N12O5. The van der Waals surface area contributed by atoms with E-state index in [1.54, 1.807) is 0 Å². The molecule has 0 heterocycles. The van der Waals surface area contributed by atoms with E-state index in [2.05, 4.69) is 36.5 Å². The molecule has 222 valence electrons.